The lowest BCUT2D eigenvalue weighted by atomic mass is 9.84. The number of benzene rings is 2. The third-order valence-electron chi connectivity index (χ3n) is 8.28. The van der Waals surface area contributed by atoms with Crippen LogP contribution >= 0.6 is 0 Å². The Morgan fingerprint density at radius 3 is 2.37 bits per heavy atom. The second kappa shape index (κ2) is 11.8. The van der Waals surface area contributed by atoms with E-state index in [9.17, 15) is 9.59 Å². The summed E-state index contributed by atoms with van der Waals surface area (Å²) in [6.45, 7) is 9.36. The van der Waals surface area contributed by atoms with E-state index < -0.39 is 0 Å². The molecule has 0 unspecified atom stereocenters. The molecular formula is C32H42N4O2. The fourth-order valence-electron chi connectivity index (χ4n) is 6.23. The van der Waals surface area contributed by atoms with Crippen LogP contribution in [-0.4, -0.2) is 47.7 Å². The average Bonchev–Trinajstić information content (AvgIpc) is 3.26. The Morgan fingerprint density at radius 2 is 1.68 bits per heavy atom. The highest BCUT2D eigenvalue weighted by Crippen LogP contribution is 2.38. The number of likely N-dealkylation sites (tertiary alicyclic amines) is 1. The number of fused-ring (bicyclic) bond motifs is 1. The molecule has 0 atom stereocenters. The van der Waals surface area contributed by atoms with Crippen molar-refractivity contribution in [3.05, 3.63) is 64.7 Å². The molecule has 2 aromatic carbocycles. The first kappa shape index (κ1) is 26.6. The van der Waals surface area contributed by atoms with Crippen molar-refractivity contribution in [1.29, 1.82) is 0 Å². The number of piperidine rings is 1. The number of rotatable bonds is 6. The summed E-state index contributed by atoms with van der Waals surface area (Å²) >= 11 is 0. The maximum absolute atomic E-state index is 13.2. The fraction of sp³-hybridized carbons (Fsp3) is 0.531. The number of hydrogen-bond acceptors (Lipinski definition) is 3. The Labute approximate surface area is 227 Å². The van der Waals surface area contributed by atoms with Gasteiger partial charge in [0.05, 0.1) is 0 Å². The lowest BCUT2D eigenvalue weighted by Crippen LogP contribution is -2.44. The highest BCUT2D eigenvalue weighted by atomic mass is 16.2. The van der Waals surface area contributed by atoms with Crippen LogP contribution in [0.2, 0.25) is 0 Å². The predicted octanol–water partition coefficient (Wildman–Crippen LogP) is 5.67. The molecule has 1 aliphatic carbocycles. The monoisotopic (exact) mass is 514 g/mol. The molecule has 2 fully saturated rings. The average molecular weight is 515 g/mol. The molecule has 0 bridgehead atoms. The van der Waals surface area contributed by atoms with Crippen LogP contribution in [0.15, 0.2) is 47.5 Å². The molecule has 202 valence electrons. The topological polar surface area (TPSA) is 65.0 Å². The fourth-order valence-corrected chi connectivity index (χ4v) is 6.23. The Hall–Kier alpha value is -2.99. The van der Waals surface area contributed by atoms with Gasteiger partial charge in [-0.15, -0.1) is 0 Å². The van der Waals surface area contributed by atoms with Crippen molar-refractivity contribution < 1.29 is 9.59 Å². The molecule has 6 nitrogen and oxygen atoms in total. The van der Waals surface area contributed by atoms with Crippen LogP contribution in [0.1, 0.15) is 85.8 Å². The Bertz CT molecular complexity index is 1170. The normalized spacial score (nSPS) is 23.1. The first-order valence-electron chi connectivity index (χ1n) is 14.5. The first-order chi connectivity index (χ1) is 18.4. The second-order valence-electron chi connectivity index (χ2n) is 11.7. The maximum atomic E-state index is 13.2. The molecule has 38 heavy (non-hydrogen) atoms. The molecule has 2 aromatic rings. The van der Waals surface area contributed by atoms with Crippen molar-refractivity contribution >= 4 is 23.3 Å². The summed E-state index contributed by atoms with van der Waals surface area (Å²) < 4.78 is 0. The molecule has 2 amide bonds. The Balaban J connectivity index is 1.39. The molecule has 1 saturated heterocycles. The van der Waals surface area contributed by atoms with E-state index in [0.29, 0.717) is 12.0 Å². The van der Waals surface area contributed by atoms with Crippen LogP contribution in [0, 0.1) is 12.8 Å². The molecule has 2 heterocycles. The lowest BCUT2D eigenvalue weighted by Gasteiger charge is -2.36. The molecule has 1 N–H and O–H groups in total. The number of anilines is 1. The maximum Gasteiger partial charge on any atom is 0.278 e. The third kappa shape index (κ3) is 6.17. The van der Waals surface area contributed by atoms with Gasteiger partial charge in [0.15, 0.2) is 0 Å². The summed E-state index contributed by atoms with van der Waals surface area (Å²) in [7, 11) is 0. The number of amides is 2. The number of nitrogens with one attached hydrogen (secondary N) is 1. The Kier molecular flexibility index (Phi) is 8.27. The highest BCUT2D eigenvalue weighted by molar-refractivity contribution is 6.12. The van der Waals surface area contributed by atoms with Gasteiger partial charge < -0.3 is 10.2 Å². The van der Waals surface area contributed by atoms with Crippen molar-refractivity contribution in [3.63, 3.8) is 0 Å². The molecule has 0 aromatic heterocycles. The van der Waals surface area contributed by atoms with Gasteiger partial charge in [0.2, 0.25) is 5.91 Å². The number of nitrogens with zero attached hydrogens (tertiary/aromatic N) is 3. The van der Waals surface area contributed by atoms with Crippen molar-refractivity contribution in [2.45, 2.75) is 90.8 Å². The molecule has 1 saturated carbocycles. The summed E-state index contributed by atoms with van der Waals surface area (Å²) in [6, 6.07) is 14.9. The molecule has 2 aliphatic heterocycles. The van der Waals surface area contributed by atoms with Crippen molar-refractivity contribution in [2.75, 3.05) is 18.0 Å². The number of amidine groups is 1. The van der Waals surface area contributed by atoms with Gasteiger partial charge in [-0.25, -0.2) is 0 Å². The van der Waals surface area contributed by atoms with Crippen molar-refractivity contribution in [2.24, 2.45) is 10.9 Å². The SMILES string of the molecule is Cc1ccc(C(=O)N=C2Cc3ccc(CN4CCCCC4)cc3N2C2CCC(C(=O)NC(C)C)CC2)cc1. The minimum atomic E-state index is -0.184. The van der Waals surface area contributed by atoms with E-state index in [2.05, 4.69) is 33.3 Å². The lowest BCUT2D eigenvalue weighted by molar-refractivity contribution is -0.126. The van der Waals surface area contributed by atoms with Gasteiger partial charge in [-0.1, -0.05) is 36.2 Å². The summed E-state index contributed by atoms with van der Waals surface area (Å²) in [5, 5.41) is 3.09. The first-order valence-corrected chi connectivity index (χ1v) is 14.5. The van der Waals surface area contributed by atoms with Gasteiger partial charge in [0, 0.05) is 42.2 Å². The number of aryl methyl sites for hydroxylation is 1. The van der Waals surface area contributed by atoms with Crippen LogP contribution in [0.3, 0.4) is 0 Å². The molecule has 6 heteroatoms. The van der Waals surface area contributed by atoms with Gasteiger partial charge in [0.1, 0.15) is 5.84 Å². The summed E-state index contributed by atoms with van der Waals surface area (Å²) in [6.07, 6.45) is 8.13. The number of aliphatic imine (C=N–C) groups is 1. The minimum absolute atomic E-state index is 0.0655. The molecule has 3 aliphatic rings. The summed E-state index contributed by atoms with van der Waals surface area (Å²) in [4.78, 5) is 35.5. The van der Waals surface area contributed by atoms with Crippen LogP contribution in [0.5, 0.6) is 0 Å². The summed E-state index contributed by atoms with van der Waals surface area (Å²) in [5.41, 5.74) is 5.52. The van der Waals surface area contributed by atoms with Crippen LogP contribution < -0.4 is 10.2 Å². The minimum Gasteiger partial charge on any atom is -0.354 e. The molecule has 0 spiro atoms. The van der Waals surface area contributed by atoms with Gasteiger partial charge in [0.25, 0.3) is 5.91 Å². The summed E-state index contributed by atoms with van der Waals surface area (Å²) in [5.74, 6) is 0.899. The van der Waals surface area contributed by atoms with Crippen LogP contribution in [0.25, 0.3) is 0 Å². The number of carbonyl (C=O) groups excluding carboxylic acids is 2. The van der Waals surface area contributed by atoms with E-state index in [1.54, 1.807) is 0 Å². The second-order valence-corrected chi connectivity index (χ2v) is 11.7. The van der Waals surface area contributed by atoms with E-state index in [1.807, 2.05) is 45.0 Å². The number of carbonyl (C=O) groups is 2. The zero-order valence-corrected chi connectivity index (χ0v) is 23.2. The van der Waals surface area contributed by atoms with Gasteiger partial charge >= 0.3 is 0 Å². The smallest absolute Gasteiger partial charge is 0.278 e. The molecule has 5 rings (SSSR count). The van der Waals surface area contributed by atoms with E-state index in [4.69, 9.17) is 4.99 Å². The van der Waals surface area contributed by atoms with Crippen molar-refractivity contribution in [1.82, 2.24) is 10.2 Å². The van der Waals surface area contributed by atoms with Gasteiger partial charge in [-0.3, -0.25) is 14.5 Å². The third-order valence-corrected chi connectivity index (χ3v) is 8.28. The van der Waals surface area contributed by atoms with Crippen LogP contribution in [-0.2, 0) is 17.8 Å². The highest BCUT2D eigenvalue weighted by Gasteiger charge is 2.36. The number of hydrogen-bond donors (Lipinski definition) is 1. The predicted molar refractivity (Wildman–Crippen MR) is 154 cm³/mol. The Morgan fingerprint density at radius 1 is 0.974 bits per heavy atom. The van der Waals surface area contributed by atoms with E-state index >= 15 is 0 Å². The van der Waals surface area contributed by atoms with Gasteiger partial charge in [-0.2, -0.15) is 4.99 Å². The molecular weight excluding hydrogens is 472 g/mol. The quantitative estimate of drug-likeness (QED) is 0.540. The van der Waals surface area contributed by atoms with E-state index in [1.165, 1.54) is 49.2 Å². The zero-order chi connectivity index (χ0) is 26.6. The van der Waals surface area contributed by atoms with E-state index in [0.717, 1.165) is 43.6 Å². The van der Waals surface area contributed by atoms with Gasteiger partial charge in [-0.05, 0) is 102 Å². The zero-order valence-electron chi connectivity index (χ0n) is 23.2. The largest absolute Gasteiger partial charge is 0.354 e. The van der Waals surface area contributed by atoms with E-state index in [-0.39, 0.29) is 29.8 Å². The standard InChI is InChI=1S/C32H42N4O2/c1-22(2)33-31(37)26-13-15-28(16-14-26)36-29-19-24(21-35-17-5-4-6-18-35)9-12-27(29)20-30(36)34-32(38)25-10-7-23(3)8-11-25/h7-12,19,22,26,28H,4-6,13-18,20-21H2,1-3H3,(H,33,37). The van der Waals surface area contributed by atoms with Crippen LogP contribution in [0.4, 0.5) is 5.69 Å². The van der Waals surface area contributed by atoms with Crippen molar-refractivity contribution in [3.8, 4) is 0 Å². The molecule has 0 radical (unpaired) electrons.